The van der Waals surface area contributed by atoms with Crippen LogP contribution in [0.15, 0.2) is 12.3 Å². The van der Waals surface area contributed by atoms with Crippen molar-refractivity contribution in [1.29, 1.82) is 0 Å². The summed E-state index contributed by atoms with van der Waals surface area (Å²) in [7, 11) is 0. The van der Waals surface area contributed by atoms with Crippen LogP contribution >= 0.6 is 0 Å². The molecule has 2 fully saturated rings. The van der Waals surface area contributed by atoms with Crippen LogP contribution in [-0.4, -0.2) is 60.1 Å². The van der Waals surface area contributed by atoms with E-state index in [4.69, 9.17) is 0 Å². The Kier molecular flexibility index (Phi) is 4.03. The number of hydrogen-bond donors (Lipinski definition) is 1. The lowest BCUT2D eigenvalue weighted by molar-refractivity contribution is -0.385. The van der Waals surface area contributed by atoms with Gasteiger partial charge in [-0.3, -0.25) is 15.0 Å². The van der Waals surface area contributed by atoms with E-state index in [9.17, 15) is 10.1 Å². The molecule has 1 aromatic rings. The Bertz CT molecular complexity index is 522. The van der Waals surface area contributed by atoms with Crippen LogP contribution in [0.4, 0.5) is 11.5 Å². The zero-order valence-corrected chi connectivity index (χ0v) is 12.3. The lowest BCUT2D eigenvalue weighted by Gasteiger charge is -2.38. The number of aromatic nitrogens is 1. The normalized spacial score (nSPS) is 23.5. The van der Waals surface area contributed by atoms with E-state index in [0.29, 0.717) is 11.6 Å². The molecule has 21 heavy (non-hydrogen) atoms. The minimum atomic E-state index is -0.378. The molecule has 1 atom stereocenters. The van der Waals surface area contributed by atoms with Crippen molar-refractivity contribution in [3.05, 3.63) is 27.9 Å². The Morgan fingerprint density at radius 1 is 1.38 bits per heavy atom. The van der Waals surface area contributed by atoms with Crippen LogP contribution in [0.25, 0.3) is 0 Å². The Balaban J connectivity index is 1.64. The third-order valence-corrected chi connectivity index (χ3v) is 4.45. The van der Waals surface area contributed by atoms with Crippen molar-refractivity contribution in [1.82, 2.24) is 15.2 Å². The zero-order chi connectivity index (χ0) is 14.8. The molecule has 0 radical (unpaired) electrons. The molecule has 0 spiro atoms. The zero-order valence-electron chi connectivity index (χ0n) is 12.3. The summed E-state index contributed by atoms with van der Waals surface area (Å²) >= 11 is 0. The molecule has 0 aromatic carbocycles. The maximum Gasteiger partial charge on any atom is 0.290 e. The number of rotatable bonds is 3. The number of piperazine rings is 1. The second-order valence-corrected chi connectivity index (χ2v) is 5.76. The van der Waals surface area contributed by atoms with Gasteiger partial charge in [-0.1, -0.05) is 0 Å². The maximum absolute atomic E-state index is 10.8. The summed E-state index contributed by atoms with van der Waals surface area (Å²) in [6.45, 7) is 7.91. The Hall–Kier alpha value is -1.73. The molecule has 1 aromatic heterocycles. The Labute approximate surface area is 124 Å². The highest BCUT2D eigenvalue weighted by molar-refractivity contribution is 5.48. The smallest absolute Gasteiger partial charge is 0.290 e. The molecule has 0 bridgehead atoms. The summed E-state index contributed by atoms with van der Waals surface area (Å²) in [4.78, 5) is 19.5. The first-order chi connectivity index (χ1) is 10.1. The molecule has 1 N–H and O–H groups in total. The van der Waals surface area contributed by atoms with Gasteiger partial charge in [0.05, 0.1) is 4.92 Å². The highest BCUT2D eigenvalue weighted by Crippen LogP contribution is 2.23. The van der Waals surface area contributed by atoms with Crippen molar-refractivity contribution in [3.63, 3.8) is 0 Å². The van der Waals surface area contributed by atoms with Crippen LogP contribution < -0.4 is 10.2 Å². The second-order valence-electron chi connectivity index (χ2n) is 5.76. The molecule has 114 valence electrons. The fraction of sp³-hybridized carbons (Fsp3) is 0.643. The standard InChI is InChI=1S/C14H21N5O2/c1-11-8-14(16-10-13(11)19(20)21)18-6-4-17(5-7-18)12-2-3-15-9-12/h8,10,12,15H,2-7,9H2,1H3. The third-order valence-electron chi connectivity index (χ3n) is 4.45. The van der Waals surface area contributed by atoms with Crippen LogP contribution in [0.2, 0.25) is 0 Å². The topological polar surface area (TPSA) is 74.5 Å². The van der Waals surface area contributed by atoms with Gasteiger partial charge in [-0.05, 0) is 26.0 Å². The molecule has 1 unspecified atom stereocenters. The predicted molar refractivity (Wildman–Crippen MR) is 80.7 cm³/mol. The maximum atomic E-state index is 10.8. The molecule has 7 nitrogen and oxygen atoms in total. The van der Waals surface area contributed by atoms with Crippen LogP contribution in [0, 0.1) is 17.0 Å². The summed E-state index contributed by atoms with van der Waals surface area (Å²) in [6, 6.07) is 2.49. The van der Waals surface area contributed by atoms with E-state index in [1.54, 1.807) is 6.92 Å². The Morgan fingerprint density at radius 2 is 2.14 bits per heavy atom. The second kappa shape index (κ2) is 5.95. The van der Waals surface area contributed by atoms with Crippen LogP contribution in [0.1, 0.15) is 12.0 Å². The number of anilines is 1. The largest absolute Gasteiger partial charge is 0.354 e. The van der Waals surface area contributed by atoms with E-state index in [1.165, 1.54) is 12.6 Å². The molecular formula is C14H21N5O2. The molecule has 3 rings (SSSR count). The van der Waals surface area contributed by atoms with Crippen molar-refractivity contribution < 1.29 is 4.92 Å². The SMILES string of the molecule is Cc1cc(N2CCN(C3CCNC3)CC2)ncc1[N+](=O)[O-]. The first-order valence-corrected chi connectivity index (χ1v) is 7.46. The van der Waals surface area contributed by atoms with Gasteiger partial charge in [-0.25, -0.2) is 4.98 Å². The number of pyridine rings is 1. The highest BCUT2D eigenvalue weighted by atomic mass is 16.6. The van der Waals surface area contributed by atoms with Gasteiger partial charge >= 0.3 is 0 Å². The molecule has 0 amide bonds. The number of nitrogens with zero attached hydrogens (tertiary/aromatic N) is 4. The number of nitro groups is 1. The van der Waals surface area contributed by atoms with Gasteiger partial charge in [0.1, 0.15) is 12.0 Å². The first-order valence-electron chi connectivity index (χ1n) is 7.46. The molecule has 3 heterocycles. The molecule has 0 aliphatic carbocycles. The lowest BCUT2D eigenvalue weighted by Crippen LogP contribution is -2.51. The van der Waals surface area contributed by atoms with Gasteiger partial charge in [0, 0.05) is 44.3 Å². The van der Waals surface area contributed by atoms with E-state index in [2.05, 4.69) is 20.1 Å². The minimum Gasteiger partial charge on any atom is -0.354 e. The van der Waals surface area contributed by atoms with Crippen molar-refractivity contribution in [2.75, 3.05) is 44.2 Å². The van der Waals surface area contributed by atoms with E-state index in [0.717, 1.165) is 45.1 Å². The number of nitrogens with one attached hydrogen (secondary N) is 1. The molecule has 2 saturated heterocycles. The number of hydrogen-bond acceptors (Lipinski definition) is 6. The molecule has 0 saturated carbocycles. The minimum absolute atomic E-state index is 0.0921. The van der Waals surface area contributed by atoms with E-state index < -0.39 is 0 Å². The van der Waals surface area contributed by atoms with Gasteiger partial charge < -0.3 is 10.2 Å². The molecule has 2 aliphatic heterocycles. The van der Waals surface area contributed by atoms with Gasteiger partial charge in [-0.2, -0.15) is 0 Å². The fourth-order valence-electron chi connectivity index (χ4n) is 3.17. The van der Waals surface area contributed by atoms with Crippen molar-refractivity contribution in [3.8, 4) is 0 Å². The predicted octanol–water partition coefficient (Wildman–Crippen LogP) is 0.782. The first kappa shape index (κ1) is 14.2. The molecular weight excluding hydrogens is 270 g/mol. The van der Waals surface area contributed by atoms with Crippen LogP contribution in [0.3, 0.4) is 0 Å². The van der Waals surface area contributed by atoms with Gasteiger partial charge in [0.25, 0.3) is 5.69 Å². The summed E-state index contributed by atoms with van der Waals surface area (Å²) in [5.41, 5.74) is 0.766. The summed E-state index contributed by atoms with van der Waals surface area (Å²) in [5.74, 6) is 0.849. The van der Waals surface area contributed by atoms with Crippen LogP contribution in [-0.2, 0) is 0 Å². The van der Waals surface area contributed by atoms with Gasteiger partial charge in [-0.15, -0.1) is 0 Å². The monoisotopic (exact) mass is 291 g/mol. The molecule has 2 aliphatic rings. The van der Waals surface area contributed by atoms with Crippen molar-refractivity contribution >= 4 is 11.5 Å². The third kappa shape index (κ3) is 2.98. The fourth-order valence-corrected chi connectivity index (χ4v) is 3.17. The van der Waals surface area contributed by atoms with E-state index >= 15 is 0 Å². The quantitative estimate of drug-likeness (QED) is 0.655. The number of aryl methyl sites for hydroxylation is 1. The summed E-state index contributed by atoms with van der Waals surface area (Å²) in [5, 5.41) is 14.2. The van der Waals surface area contributed by atoms with Crippen molar-refractivity contribution in [2.24, 2.45) is 0 Å². The highest BCUT2D eigenvalue weighted by Gasteiger charge is 2.26. The summed E-state index contributed by atoms with van der Waals surface area (Å²) < 4.78 is 0. The lowest BCUT2D eigenvalue weighted by atomic mass is 10.2. The van der Waals surface area contributed by atoms with Gasteiger partial charge in [0.15, 0.2) is 0 Å². The molecule has 7 heteroatoms. The average molecular weight is 291 g/mol. The average Bonchev–Trinajstić information content (AvgIpc) is 3.01. The Morgan fingerprint density at radius 3 is 2.71 bits per heavy atom. The van der Waals surface area contributed by atoms with Crippen LogP contribution in [0.5, 0.6) is 0 Å². The van der Waals surface area contributed by atoms with E-state index in [1.807, 2.05) is 6.07 Å². The van der Waals surface area contributed by atoms with E-state index in [-0.39, 0.29) is 10.6 Å². The summed E-state index contributed by atoms with van der Waals surface area (Å²) in [6.07, 6.45) is 2.60. The van der Waals surface area contributed by atoms with Gasteiger partial charge in [0.2, 0.25) is 0 Å². The van der Waals surface area contributed by atoms with Crippen molar-refractivity contribution in [2.45, 2.75) is 19.4 Å².